The Morgan fingerprint density at radius 3 is 2.22 bits per heavy atom. The highest BCUT2D eigenvalue weighted by molar-refractivity contribution is 5.99. The minimum atomic E-state index is -4.92. The Labute approximate surface area is 205 Å². The minimum Gasteiger partial charge on any atom is -0.438 e. The van der Waals surface area contributed by atoms with E-state index in [-0.39, 0.29) is 34.3 Å². The number of aromatic nitrogens is 2. The van der Waals surface area contributed by atoms with Gasteiger partial charge in [-0.1, -0.05) is 0 Å². The second-order valence-electron chi connectivity index (χ2n) is 7.49. The molecule has 13 heteroatoms. The molecule has 0 aliphatic heterocycles. The largest absolute Gasteiger partial charge is 0.438 e. The first-order valence-electron chi connectivity index (χ1n) is 10.5. The number of nitrogens with one attached hydrogen (secondary N) is 3. The lowest BCUT2D eigenvalue weighted by Crippen LogP contribution is -2.21. The van der Waals surface area contributed by atoms with Crippen molar-refractivity contribution in [3.05, 3.63) is 83.7 Å². The third-order valence-corrected chi connectivity index (χ3v) is 4.91. The fourth-order valence-corrected chi connectivity index (χ4v) is 3.20. The molecular formula is C24H16F5N5O3. The van der Waals surface area contributed by atoms with Gasteiger partial charge in [-0.2, -0.15) is 18.2 Å². The molecular weight excluding hydrogens is 501 g/mol. The number of ether oxygens (including phenoxy) is 1. The smallest absolute Gasteiger partial charge is 0.419 e. The molecule has 8 nitrogen and oxygen atoms in total. The summed E-state index contributed by atoms with van der Waals surface area (Å²) in [5.41, 5.74) is -1.37. The van der Waals surface area contributed by atoms with Crippen LogP contribution in [0.5, 0.6) is 11.6 Å². The molecule has 37 heavy (non-hydrogen) atoms. The Kier molecular flexibility index (Phi) is 6.87. The Morgan fingerprint density at radius 2 is 1.54 bits per heavy atom. The Hall–Kier alpha value is -4.81. The van der Waals surface area contributed by atoms with Gasteiger partial charge in [-0.25, -0.2) is 18.6 Å². The molecule has 3 aromatic carbocycles. The number of hydrogen-bond donors (Lipinski definition) is 3. The molecule has 4 rings (SSSR count). The standard InChI is InChI=1S/C24H16F5N5O3/c1-30-21(35)20-33-19-10-12(25)2-8-16(19)22(34-20)37-15-6-3-13(4-7-15)31-23(36)32-14-5-9-18(26)17(11-14)24(27,28)29/h2-11H,1H3,(H,30,35)(H2,31,32,36). The quantitative estimate of drug-likeness (QED) is 0.294. The Balaban J connectivity index is 1.49. The van der Waals surface area contributed by atoms with E-state index < -0.39 is 35.3 Å². The van der Waals surface area contributed by atoms with E-state index in [1.54, 1.807) is 0 Å². The van der Waals surface area contributed by atoms with Crippen LogP contribution in [0.3, 0.4) is 0 Å². The van der Waals surface area contributed by atoms with Crippen LogP contribution in [-0.2, 0) is 6.18 Å². The van der Waals surface area contributed by atoms with E-state index >= 15 is 0 Å². The molecule has 0 radical (unpaired) electrons. The summed E-state index contributed by atoms with van der Waals surface area (Å²) >= 11 is 0. The number of urea groups is 1. The number of carbonyl (C=O) groups is 2. The molecule has 0 saturated carbocycles. The van der Waals surface area contributed by atoms with E-state index in [0.29, 0.717) is 17.5 Å². The maximum absolute atomic E-state index is 13.7. The number of rotatable bonds is 5. The van der Waals surface area contributed by atoms with Gasteiger partial charge < -0.3 is 20.7 Å². The van der Waals surface area contributed by atoms with Gasteiger partial charge in [0.1, 0.15) is 17.4 Å². The van der Waals surface area contributed by atoms with Gasteiger partial charge in [0.05, 0.1) is 16.5 Å². The monoisotopic (exact) mass is 517 g/mol. The molecule has 3 amide bonds. The van der Waals surface area contributed by atoms with Crippen LogP contribution in [-0.4, -0.2) is 29.0 Å². The highest BCUT2D eigenvalue weighted by atomic mass is 19.4. The number of halogens is 5. The topological polar surface area (TPSA) is 105 Å². The normalized spacial score (nSPS) is 11.2. The third-order valence-electron chi connectivity index (χ3n) is 4.91. The van der Waals surface area contributed by atoms with Crippen molar-refractivity contribution in [1.82, 2.24) is 15.3 Å². The van der Waals surface area contributed by atoms with Crippen LogP contribution < -0.4 is 20.7 Å². The summed E-state index contributed by atoms with van der Waals surface area (Å²) in [7, 11) is 1.38. The summed E-state index contributed by atoms with van der Waals surface area (Å²) in [5, 5.41) is 7.33. The number of anilines is 2. The molecule has 0 unspecified atom stereocenters. The van der Waals surface area contributed by atoms with Crippen molar-refractivity contribution in [1.29, 1.82) is 0 Å². The fraction of sp³-hybridized carbons (Fsp3) is 0.0833. The highest BCUT2D eigenvalue weighted by Gasteiger charge is 2.34. The molecule has 3 N–H and O–H groups in total. The summed E-state index contributed by atoms with van der Waals surface area (Å²) in [6, 6.07) is 10.7. The summed E-state index contributed by atoms with van der Waals surface area (Å²) in [6.45, 7) is 0. The van der Waals surface area contributed by atoms with Gasteiger partial charge in [-0.3, -0.25) is 4.79 Å². The molecule has 1 heterocycles. The number of amides is 3. The number of alkyl halides is 3. The zero-order valence-electron chi connectivity index (χ0n) is 18.8. The van der Waals surface area contributed by atoms with Crippen molar-refractivity contribution in [2.45, 2.75) is 6.18 Å². The van der Waals surface area contributed by atoms with Crippen molar-refractivity contribution < 1.29 is 36.3 Å². The van der Waals surface area contributed by atoms with Gasteiger partial charge in [-0.05, 0) is 54.6 Å². The van der Waals surface area contributed by atoms with Crippen molar-refractivity contribution >= 4 is 34.2 Å². The third kappa shape index (κ3) is 5.89. The SMILES string of the molecule is CNC(=O)c1nc(Oc2ccc(NC(=O)Nc3ccc(F)c(C(F)(F)F)c3)cc2)c2ccc(F)cc2n1. The van der Waals surface area contributed by atoms with E-state index in [0.717, 1.165) is 12.1 Å². The number of benzene rings is 3. The lowest BCUT2D eigenvalue weighted by Gasteiger charge is -2.12. The molecule has 0 aliphatic rings. The lowest BCUT2D eigenvalue weighted by molar-refractivity contribution is -0.139. The Morgan fingerprint density at radius 1 is 0.865 bits per heavy atom. The molecule has 0 spiro atoms. The van der Waals surface area contributed by atoms with Crippen molar-refractivity contribution in [3.63, 3.8) is 0 Å². The second kappa shape index (κ2) is 10.0. The van der Waals surface area contributed by atoms with Crippen molar-refractivity contribution in [2.24, 2.45) is 0 Å². The van der Waals surface area contributed by atoms with Crippen LogP contribution in [0.1, 0.15) is 16.2 Å². The first-order valence-corrected chi connectivity index (χ1v) is 10.5. The first kappa shape index (κ1) is 25.3. The van der Waals surface area contributed by atoms with Gasteiger partial charge in [0.25, 0.3) is 5.91 Å². The van der Waals surface area contributed by atoms with E-state index in [1.807, 2.05) is 0 Å². The van der Waals surface area contributed by atoms with Crippen LogP contribution in [0.2, 0.25) is 0 Å². The van der Waals surface area contributed by atoms with Gasteiger partial charge in [-0.15, -0.1) is 0 Å². The summed E-state index contributed by atoms with van der Waals surface area (Å²) in [4.78, 5) is 32.3. The van der Waals surface area contributed by atoms with Crippen LogP contribution in [0.25, 0.3) is 10.9 Å². The fourth-order valence-electron chi connectivity index (χ4n) is 3.20. The van der Waals surface area contributed by atoms with Crippen LogP contribution >= 0.6 is 0 Å². The van der Waals surface area contributed by atoms with Crippen LogP contribution in [0.4, 0.5) is 38.1 Å². The summed E-state index contributed by atoms with van der Waals surface area (Å²) in [5.74, 6) is -2.64. The van der Waals surface area contributed by atoms with E-state index in [9.17, 15) is 31.5 Å². The van der Waals surface area contributed by atoms with Crippen LogP contribution in [0.15, 0.2) is 60.7 Å². The number of carbonyl (C=O) groups excluding carboxylic acids is 2. The average molecular weight is 517 g/mol. The van der Waals surface area contributed by atoms with E-state index in [1.165, 1.54) is 43.4 Å². The zero-order valence-corrected chi connectivity index (χ0v) is 18.8. The first-order chi connectivity index (χ1) is 17.5. The predicted octanol–water partition coefficient (Wildman–Crippen LogP) is 5.72. The Bertz CT molecular complexity index is 1490. The highest BCUT2D eigenvalue weighted by Crippen LogP contribution is 2.33. The molecule has 0 aliphatic carbocycles. The summed E-state index contributed by atoms with van der Waals surface area (Å²) in [6.07, 6.45) is -4.92. The summed E-state index contributed by atoms with van der Waals surface area (Å²) < 4.78 is 71.5. The van der Waals surface area contributed by atoms with Gasteiger partial charge in [0.2, 0.25) is 11.7 Å². The van der Waals surface area contributed by atoms with Gasteiger partial charge >= 0.3 is 12.2 Å². The van der Waals surface area contributed by atoms with Gasteiger partial charge in [0, 0.05) is 24.5 Å². The zero-order chi connectivity index (χ0) is 26.7. The average Bonchev–Trinajstić information content (AvgIpc) is 2.84. The molecule has 4 aromatic rings. The van der Waals surface area contributed by atoms with Crippen LogP contribution in [0, 0.1) is 11.6 Å². The van der Waals surface area contributed by atoms with Crippen molar-refractivity contribution in [2.75, 3.05) is 17.7 Å². The van der Waals surface area contributed by atoms with Crippen molar-refractivity contribution in [3.8, 4) is 11.6 Å². The number of fused-ring (bicyclic) bond motifs is 1. The molecule has 0 fully saturated rings. The lowest BCUT2D eigenvalue weighted by atomic mass is 10.2. The van der Waals surface area contributed by atoms with Gasteiger partial charge in [0.15, 0.2) is 0 Å². The predicted molar refractivity (Wildman–Crippen MR) is 123 cm³/mol. The van der Waals surface area contributed by atoms with E-state index in [2.05, 4.69) is 25.9 Å². The molecule has 0 atom stereocenters. The number of hydrogen-bond acceptors (Lipinski definition) is 5. The molecule has 0 saturated heterocycles. The maximum atomic E-state index is 13.7. The maximum Gasteiger partial charge on any atom is 0.419 e. The molecule has 0 bridgehead atoms. The molecule has 190 valence electrons. The second-order valence-corrected chi connectivity index (χ2v) is 7.49. The number of nitrogens with zero attached hydrogens (tertiary/aromatic N) is 2. The van der Waals surface area contributed by atoms with E-state index in [4.69, 9.17) is 4.74 Å². The molecule has 1 aromatic heterocycles. The minimum absolute atomic E-state index is 0.0150.